The summed E-state index contributed by atoms with van der Waals surface area (Å²) >= 11 is 3.53. The highest BCUT2D eigenvalue weighted by Crippen LogP contribution is 2.52. The molecule has 46 heavy (non-hydrogen) atoms. The molecule has 0 N–H and O–H groups in total. The van der Waals surface area contributed by atoms with E-state index in [-0.39, 0.29) is 10.5 Å². The van der Waals surface area contributed by atoms with Gasteiger partial charge in [-0.15, -0.1) is 22.7 Å². The third-order valence-electron chi connectivity index (χ3n) is 7.07. The van der Waals surface area contributed by atoms with E-state index in [1.165, 1.54) is 9.40 Å². The second-order valence-electron chi connectivity index (χ2n) is 10.3. The molecule has 254 valence electrons. The van der Waals surface area contributed by atoms with Gasteiger partial charge >= 0.3 is 17.6 Å². The first kappa shape index (κ1) is 37.9. The van der Waals surface area contributed by atoms with E-state index in [0.717, 1.165) is 46.0 Å². The summed E-state index contributed by atoms with van der Waals surface area (Å²) in [5, 5.41) is 2.44. The van der Waals surface area contributed by atoms with Gasteiger partial charge in [0.05, 0.1) is 30.9 Å². The van der Waals surface area contributed by atoms with Crippen LogP contribution in [0.15, 0.2) is 48.5 Å². The molecule has 2 heterocycles. The minimum atomic E-state index is -2.84. The van der Waals surface area contributed by atoms with Gasteiger partial charge in [-0.3, -0.25) is 0 Å². The Kier molecular flexibility index (Phi) is 15.9. The van der Waals surface area contributed by atoms with Gasteiger partial charge in [0.2, 0.25) is 0 Å². The minimum absolute atomic E-state index is 0.111. The summed E-state index contributed by atoms with van der Waals surface area (Å²) in [6.45, 7) is 15.4. The zero-order valence-electron chi connectivity index (χ0n) is 27.8. The lowest BCUT2D eigenvalue weighted by atomic mass is 10.3. The highest BCUT2D eigenvalue weighted by molar-refractivity contribution is 8.76. The lowest BCUT2D eigenvalue weighted by Crippen LogP contribution is -2.46. The van der Waals surface area contributed by atoms with Crippen LogP contribution in [0.4, 0.5) is 0 Å². The Morgan fingerprint density at radius 3 is 1.17 bits per heavy atom. The fourth-order valence-electron chi connectivity index (χ4n) is 5.23. The zero-order valence-corrected chi connectivity index (χ0v) is 33.1. The first-order valence-corrected chi connectivity index (χ1v) is 24.1. The number of para-hydroxylation sites is 2. The number of hydrogen-bond acceptors (Lipinski definition) is 12. The van der Waals surface area contributed by atoms with E-state index in [9.17, 15) is 0 Å². The number of fused-ring (bicyclic) bond motifs is 2. The molecule has 2 aromatic heterocycles. The van der Waals surface area contributed by atoms with Crippen molar-refractivity contribution in [3.8, 4) is 0 Å². The monoisotopic (exact) mass is 740 g/mol. The molecule has 0 fully saturated rings. The number of hydrogen-bond donors (Lipinski definition) is 0. The molecule has 2 aromatic carbocycles. The summed E-state index contributed by atoms with van der Waals surface area (Å²) in [5.41, 5.74) is 2.06. The normalized spacial score (nSPS) is 14.0. The maximum atomic E-state index is 6.25. The van der Waals surface area contributed by atoms with Gasteiger partial charge in [0, 0.05) is 51.7 Å². The average molecular weight is 741 g/mol. The van der Waals surface area contributed by atoms with Crippen LogP contribution in [-0.2, 0) is 26.6 Å². The zero-order chi connectivity index (χ0) is 32.8. The number of aromatic nitrogens is 2. The third kappa shape index (κ3) is 10.3. The summed E-state index contributed by atoms with van der Waals surface area (Å²) in [7, 11) is -1.94. The molecule has 0 aliphatic carbocycles. The topological polar surface area (TPSA) is 81.2 Å². The van der Waals surface area contributed by atoms with Crippen molar-refractivity contribution in [3.05, 3.63) is 58.5 Å². The van der Waals surface area contributed by atoms with Crippen LogP contribution in [0.2, 0.25) is 12.1 Å². The van der Waals surface area contributed by atoms with Gasteiger partial charge in [0.1, 0.15) is 10.0 Å². The molecule has 0 saturated carbocycles. The third-order valence-corrected chi connectivity index (χ3v) is 19.1. The molecule has 0 amide bonds. The van der Waals surface area contributed by atoms with Crippen molar-refractivity contribution >= 4 is 82.3 Å². The predicted molar refractivity (Wildman–Crippen MR) is 200 cm³/mol. The van der Waals surface area contributed by atoms with Gasteiger partial charge in [0.25, 0.3) is 0 Å². The molecule has 4 aromatic rings. The smallest absolute Gasteiger partial charge is 0.374 e. The van der Waals surface area contributed by atoms with Crippen molar-refractivity contribution < 1.29 is 26.6 Å². The van der Waals surface area contributed by atoms with Crippen LogP contribution >= 0.6 is 44.3 Å². The van der Waals surface area contributed by atoms with E-state index in [2.05, 4.69) is 36.4 Å². The van der Waals surface area contributed by atoms with Crippen LogP contribution < -0.4 is 0 Å². The maximum absolute atomic E-state index is 6.25. The van der Waals surface area contributed by atoms with Gasteiger partial charge in [-0.05, 0) is 78.6 Å². The lowest BCUT2D eigenvalue weighted by molar-refractivity contribution is 0.0700. The van der Waals surface area contributed by atoms with Crippen molar-refractivity contribution in [1.29, 1.82) is 0 Å². The van der Waals surface area contributed by atoms with Crippen molar-refractivity contribution in [1.82, 2.24) is 9.97 Å². The molecule has 2 atom stereocenters. The summed E-state index contributed by atoms with van der Waals surface area (Å²) in [5.74, 6) is 0. The highest BCUT2D eigenvalue weighted by Gasteiger charge is 2.43. The first-order valence-electron chi connectivity index (χ1n) is 16.3. The fraction of sp³-hybridized carbons (Fsp3) is 0.562. The molecule has 8 nitrogen and oxygen atoms in total. The minimum Gasteiger partial charge on any atom is -0.374 e. The van der Waals surface area contributed by atoms with Gasteiger partial charge in [-0.1, -0.05) is 45.9 Å². The molecule has 0 bridgehead atoms. The Bertz CT molecular complexity index is 1250. The van der Waals surface area contributed by atoms with E-state index < -0.39 is 17.6 Å². The van der Waals surface area contributed by atoms with E-state index in [0.29, 0.717) is 39.6 Å². The highest BCUT2D eigenvalue weighted by atomic mass is 33.1. The molecular formula is C32H48N2O6S4Si2. The van der Waals surface area contributed by atoms with Crippen molar-refractivity contribution in [3.63, 3.8) is 0 Å². The molecule has 2 unspecified atom stereocenters. The maximum Gasteiger partial charge on any atom is 0.500 e. The van der Waals surface area contributed by atoms with Crippen LogP contribution in [0.5, 0.6) is 0 Å². The van der Waals surface area contributed by atoms with Crippen LogP contribution in [-0.4, -0.2) is 67.2 Å². The van der Waals surface area contributed by atoms with Crippen molar-refractivity contribution in [2.75, 3.05) is 39.6 Å². The van der Waals surface area contributed by atoms with E-state index in [1.54, 1.807) is 22.7 Å². The second kappa shape index (κ2) is 19.3. The number of thiazole rings is 2. The SMILES string of the molecule is CCO[Si](CCC(SSC(CC[Si](OCC)(OCC)OCC)c1nc2ccccc2s1)c1nc2ccccc2s1)(OCC)OCC. The van der Waals surface area contributed by atoms with Crippen LogP contribution in [0.1, 0.15) is 74.9 Å². The van der Waals surface area contributed by atoms with Crippen molar-refractivity contribution in [2.24, 2.45) is 0 Å². The number of nitrogens with zero attached hydrogens (tertiary/aromatic N) is 2. The molecular weight excluding hydrogens is 693 g/mol. The predicted octanol–water partition coefficient (Wildman–Crippen LogP) is 9.95. The molecule has 4 rings (SSSR count). The molecule has 0 aliphatic heterocycles. The number of rotatable bonds is 23. The Labute approximate surface area is 292 Å². The van der Waals surface area contributed by atoms with Crippen LogP contribution in [0.25, 0.3) is 20.4 Å². The Balaban J connectivity index is 1.64. The molecule has 0 radical (unpaired) electrons. The summed E-state index contributed by atoms with van der Waals surface area (Å²) in [4.78, 5) is 10.2. The molecule has 0 aliphatic rings. The largest absolute Gasteiger partial charge is 0.500 e. The fourth-order valence-corrected chi connectivity index (χ4v) is 16.7. The quantitative estimate of drug-likeness (QED) is 0.0542. The first-order chi connectivity index (χ1) is 22.4. The summed E-state index contributed by atoms with van der Waals surface area (Å²) in [6.07, 6.45) is 1.65. The molecule has 14 heteroatoms. The van der Waals surface area contributed by atoms with Gasteiger partial charge < -0.3 is 26.6 Å². The van der Waals surface area contributed by atoms with Crippen LogP contribution in [0.3, 0.4) is 0 Å². The Morgan fingerprint density at radius 1 is 0.543 bits per heavy atom. The van der Waals surface area contributed by atoms with Crippen molar-refractivity contribution in [2.45, 2.75) is 77.0 Å². The van der Waals surface area contributed by atoms with E-state index >= 15 is 0 Å². The Morgan fingerprint density at radius 2 is 0.870 bits per heavy atom. The standard InChI is InChI=1S/C32H48N2O6S4Si2/c1-7-35-45(36-8-2,37-9-3)23-21-29(31-33-25-17-13-15-19-27(25)41-31)43-44-30(32-34-26-18-14-16-20-28(26)42-32)22-24-46(38-10-4,39-11-5)40-12-6/h13-20,29-30H,7-12,21-24H2,1-6H3. The van der Waals surface area contributed by atoms with E-state index in [4.69, 9.17) is 36.5 Å². The number of benzene rings is 2. The van der Waals surface area contributed by atoms with Gasteiger partial charge in [0.15, 0.2) is 0 Å². The van der Waals surface area contributed by atoms with E-state index in [1.807, 2.05) is 75.3 Å². The Hall–Kier alpha value is -0.886. The average Bonchev–Trinajstić information content (AvgIpc) is 3.68. The lowest BCUT2D eigenvalue weighted by Gasteiger charge is -2.30. The summed E-state index contributed by atoms with van der Waals surface area (Å²) < 4.78 is 39.9. The molecule has 0 saturated heterocycles. The molecule has 0 spiro atoms. The van der Waals surface area contributed by atoms with Gasteiger partial charge in [-0.25, -0.2) is 9.97 Å². The summed E-state index contributed by atoms with van der Waals surface area (Å²) in [6, 6.07) is 18.2. The van der Waals surface area contributed by atoms with Crippen LogP contribution in [0, 0.1) is 0 Å². The van der Waals surface area contributed by atoms with Gasteiger partial charge in [-0.2, -0.15) is 0 Å². The second-order valence-corrected chi connectivity index (χ2v) is 20.5.